The molecule has 26 heavy (non-hydrogen) atoms. The number of aromatic nitrogens is 2. The van der Waals surface area contributed by atoms with Gasteiger partial charge in [0.2, 0.25) is 5.95 Å². The molecule has 0 spiro atoms. The Kier molecular flexibility index (Phi) is 5.07. The summed E-state index contributed by atoms with van der Waals surface area (Å²) in [5.74, 6) is -1.83. The van der Waals surface area contributed by atoms with Crippen LogP contribution < -0.4 is 0 Å². The van der Waals surface area contributed by atoms with Gasteiger partial charge in [-0.15, -0.1) is 0 Å². The van der Waals surface area contributed by atoms with E-state index in [1.165, 1.54) is 4.90 Å². The highest BCUT2D eigenvalue weighted by atomic mass is 19.3. The molecule has 140 valence electrons. The van der Waals surface area contributed by atoms with Crippen LogP contribution >= 0.6 is 0 Å². The highest BCUT2D eigenvalue weighted by molar-refractivity contribution is 5.95. The molecule has 1 N–H and O–H groups in total. The first kappa shape index (κ1) is 18.5. The fourth-order valence-electron chi connectivity index (χ4n) is 3.19. The highest BCUT2D eigenvalue weighted by Gasteiger charge is 2.37. The minimum Gasteiger partial charge on any atom is -0.331 e. The number of alkyl halides is 2. The van der Waals surface area contributed by atoms with Crippen molar-refractivity contribution in [2.24, 2.45) is 0 Å². The molecule has 1 saturated carbocycles. The molecule has 2 aromatic rings. The Labute approximate surface area is 150 Å². The summed E-state index contributed by atoms with van der Waals surface area (Å²) < 4.78 is 40.2. The van der Waals surface area contributed by atoms with Crippen molar-refractivity contribution in [3.63, 3.8) is 0 Å². The summed E-state index contributed by atoms with van der Waals surface area (Å²) in [5, 5.41) is 5.14. The van der Waals surface area contributed by atoms with Crippen LogP contribution in [-0.2, 0) is 13.0 Å². The van der Waals surface area contributed by atoms with Crippen LogP contribution in [0.2, 0.25) is 0 Å². The molecule has 1 aliphatic carbocycles. The Morgan fingerprint density at radius 2 is 1.88 bits per heavy atom. The number of benzene rings is 1. The van der Waals surface area contributed by atoms with Crippen molar-refractivity contribution < 1.29 is 18.0 Å². The number of aryl methyl sites for hydroxylation is 3. The summed E-state index contributed by atoms with van der Waals surface area (Å²) in [6.45, 7) is 6.33. The van der Waals surface area contributed by atoms with E-state index in [9.17, 15) is 18.0 Å². The number of hydrogen-bond donors (Lipinski definition) is 1. The third-order valence-electron chi connectivity index (χ3n) is 4.96. The second kappa shape index (κ2) is 7.13. The number of amides is 1. The van der Waals surface area contributed by atoms with E-state index in [0.717, 1.165) is 41.5 Å². The molecule has 4 nitrogen and oxygen atoms in total. The van der Waals surface area contributed by atoms with Crippen molar-refractivity contribution in [3.8, 4) is 0 Å². The van der Waals surface area contributed by atoms with Gasteiger partial charge in [-0.3, -0.25) is 9.89 Å². The van der Waals surface area contributed by atoms with Crippen molar-refractivity contribution in [3.05, 3.63) is 51.6 Å². The molecule has 7 heteroatoms. The molecule has 1 amide bonds. The first-order valence-electron chi connectivity index (χ1n) is 8.75. The van der Waals surface area contributed by atoms with Gasteiger partial charge in [0, 0.05) is 12.6 Å². The number of nitrogens with one attached hydrogen (secondary N) is 1. The number of hydrogen-bond acceptors (Lipinski definition) is 2. The fourth-order valence-corrected chi connectivity index (χ4v) is 3.19. The van der Waals surface area contributed by atoms with E-state index in [1.54, 1.807) is 0 Å². The SMILES string of the molecule is CCc1cc(C)c(C)cc1CN(C(=O)c1c(C(F)F)n[nH]c1F)C1CC1. The second-order valence-corrected chi connectivity index (χ2v) is 6.82. The summed E-state index contributed by atoms with van der Waals surface area (Å²) in [6, 6.07) is 4.06. The van der Waals surface area contributed by atoms with Crippen molar-refractivity contribution in [2.45, 2.75) is 59.0 Å². The van der Waals surface area contributed by atoms with Gasteiger partial charge in [-0.1, -0.05) is 19.1 Å². The molecule has 0 saturated heterocycles. The van der Waals surface area contributed by atoms with Crippen LogP contribution in [0, 0.1) is 19.8 Å². The first-order chi connectivity index (χ1) is 12.3. The molecule has 1 aromatic heterocycles. The average molecular weight is 365 g/mol. The van der Waals surface area contributed by atoms with Gasteiger partial charge in [0.05, 0.1) is 0 Å². The van der Waals surface area contributed by atoms with Crippen molar-refractivity contribution in [2.75, 3.05) is 0 Å². The Bertz CT molecular complexity index is 828. The molecular formula is C19H22F3N3O. The van der Waals surface area contributed by atoms with Crippen LogP contribution in [0.25, 0.3) is 0 Å². The van der Waals surface area contributed by atoms with Gasteiger partial charge in [0.1, 0.15) is 11.3 Å². The molecule has 1 heterocycles. The molecule has 1 fully saturated rings. The zero-order valence-corrected chi connectivity index (χ0v) is 15.1. The molecule has 0 aliphatic heterocycles. The number of nitrogens with zero attached hydrogens (tertiary/aromatic N) is 2. The molecule has 0 radical (unpaired) electrons. The van der Waals surface area contributed by atoms with Crippen LogP contribution in [0.5, 0.6) is 0 Å². The monoisotopic (exact) mass is 365 g/mol. The average Bonchev–Trinajstić information content (AvgIpc) is 3.36. The van der Waals surface area contributed by atoms with Gasteiger partial charge in [0.15, 0.2) is 0 Å². The number of rotatable bonds is 6. The minimum atomic E-state index is -3.01. The van der Waals surface area contributed by atoms with Crippen molar-refractivity contribution in [1.29, 1.82) is 0 Å². The van der Waals surface area contributed by atoms with Crippen molar-refractivity contribution >= 4 is 5.91 Å². The predicted molar refractivity (Wildman–Crippen MR) is 91.7 cm³/mol. The first-order valence-corrected chi connectivity index (χ1v) is 8.75. The smallest absolute Gasteiger partial charge is 0.283 e. The lowest BCUT2D eigenvalue weighted by Gasteiger charge is -2.24. The topological polar surface area (TPSA) is 49.0 Å². The lowest BCUT2D eigenvalue weighted by molar-refractivity contribution is 0.0712. The molecule has 0 bridgehead atoms. The van der Waals surface area contributed by atoms with Crippen LogP contribution in [0.3, 0.4) is 0 Å². The standard InChI is InChI=1S/C19H22F3N3O/c1-4-12-7-10(2)11(3)8-13(12)9-25(14-5-6-14)19(26)15-16(17(20)21)23-24-18(15)22/h7-8,14,17H,4-6,9H2,1-3H3,(H,23,24). The van der Waals surface area contributed by atoms with E-state index < -0.39 is 29.5 Å². The lowest BCUT2D eigenvalue weighted by Crippen LogP contribution is -2.34. The summed E-state index contributed by atoms with van der Waals surface area (Å²) in [4.78, 5) is 14.4. The molecule has 1 aromatic carbocycles. The Morgan fingerprint density at radius 3 is 2.42 bits per heavy atom. The molecule has 1 aliphatic rings. The predicted octanol–water partition coefficient (Wildman–Crippen LogP) is 4.47. The van der Waals surface area contributed by atoms with E-state index in [0.29, 0.717) is 0 Å². The van der Waals surface area contributed by atoms with Crippen LogP contribution in [0.4, 0.5) is 13.2 Å². The summed E-state index contributed by atoms with van der Waals surface area (Å²) >= 11 is 0. The fraction of sp³-hybridized carbons (Fsp3) is 0.474. The zero-order chi connectivity index (χ0) is 19.0. The van der Waals surface area contributed by atoms with Gasteiger partial charge in [-0.25, -0.2) is 8.78 Å². The second-order valence-electron chi connectivity index (χ2n) is 6.82. The lowest BCUT2D eigenvalue weighted by atomic mass is 9.97. The largest absolute Gasteiger partial charge is 0.331 e. The Hall–Kier alpha value is -2.31. The maximum Gasteiger partial charge on any atom is 0.283 e. The van der Waals surface area contributed by atoms with Crippen LogP contribution in [-0.4, -0.2) is 27.0 Å². The number of aromatic amines is 1. The summed E-state index contributed by atoms with van der Waals surface area (Å²) in [6.07, 6.45) is -0.627. The van der Waals surface area contributed by atoms with Gasteiger partial charge >= 0.3 is 0 Å². The number of carbonyl (C=O) groups is 1. The van der Waals surface area contributed by atoms with Crippen LogP contribution in [0.15, 0.2) is 12.1 Å². The van der Waals surface area contributed by atoms with E-state index in [1.807, 2.05) is 31.9 Å². The summed E-state index contributed by atoms with van der Waals surface area (Å²) in [5.41, 5.74) is 2.87. The minimum absolute atomic E-state index is 0.0476. The molecular weight excluding hydrogens is 343 g/mol. The molecule has 0 unspecified atom stereocenters. The third kappa shape index (κ3) is 3.48. The van der Waals surface area contributed by atoms with E-state index in [-0.39, 0.29) is 12.6 Å². The Balaban J connectivity index is 1.96. The van der Waals surface area contributed by atoms with Crippen LogP contribution in [0.1, 0.15) is 64.5 Å². The van der Waals surface area contributed by atoms with Gasteiger partial charge in [-0.2, -0.15) is 9.49 Å². The zero-order valence-electron chi connectivity index (χ0n) is 15.1. The van der Waals surface area contributed by atoms with E-state index >= 15 is 0 Å². The number of halogens is 3. The molecule has 3 rings (SSSR count). The third-order valence-corrected chi connectivity index (χ3v) is 4.96. The van der Waals surface area contributed by atoms with Gasteiger partial charge < -0.3 is 4.90 Å². The Morgan fingerprint density at radius 1 is 1.27 bits per heavy atom. The number of H-pyrrole nitrogens is 1. The van der Waals surface area contributed by atoms with Gasteiger partial charge in [-0.05, 0) is 55.4 Å². The maximum absolute atomic E-state index is 14.0. The highest BCUT2D eigenvalue weighted by Crippen LogP contribution is 2.33. The maximum atomic E-state index is 14.0. The quantitative estimate of drug-likeness (QED) is 0.821. The normalized spacial score (nSPS) is 14.1. The van der Waals surface area contributed by atoms with E-state index in [4.69, 9.17) is 0 Å². The number of carbonyl (C=O) groups excluding carboxylic acids is 1. The molecule has 0 atom stereocenters. The van der Waals surface area contributed by atoms with Gasteiger partial charge in [0.25, 0.3) is 12.3 Å². The summed E-state index contributed by atoms with van der Waals surface area (Å²) in [7, 11) is 0. The van der Waals surface area contributed by atoms with E-state index in [2.05, 4.69) is 11.2 Å². The van der Waals surface area contributed by atoms with Crippen molar-refractivity contribution in [1.82, 2.24) is 15.1 Å².